The predicted octanol–water partition coefficient (Wildman–Crippen LogP) is 3.08. The molecule has 0 radical (unpaired) electrons. The Hall–Kier alpha value is -2.35. The number of halogens is 1. The number of hydrogen-bond donors (Lipinski definition) is 1. The van der Waals surface area contributed by atoms with Crippen LogP contribution in [0.5, 0.6) is 5.75 Å². The maximum absolute atomic E-state index is 6.12. The Balaban J connectivity index is 2.17. The molecule has 0 aliphatic heterocycles. The minimum Gasteiger partial charge on any atom is -0.489 e. The number of hydrogen-bond acceptors (Lipinski definition) is 4. The van der Waals surface area contributed by atoms with Crippen molar-refractivity contribution in [2.45, 2.75) is 13.5 Å². The molecule has 5 heteroatoms. The molecule has 1 aromatic carbocycles. The maximum Gasteiger partial charge on any atom is 0.124 e. The molecule has 0 amide bonds. The van der Waals surface area contributed by atoms with Crippen LogP contribution in [0.25, 0.3) is 0 Å². The van der Waals surface area contributed by atoms with Crippen LogP contribution in [0.4, 0.5) is 0 Å². The largest absolute Gasteiger partial charge is 0.489 e. The minimum atomic E-state index is 0.366. The quantitative estimate of drug-likeness (QED) is 0.682. The van der Waals surface area contributed by atoms with E-state index in [-0.39, 0.29) is 0 Å². The molecule has 0 heterocycles. The molecule has 23 heavy (non-hydrogen) atoms. The van der Waals surface area contributed by atoms with Crippen molar-refractivity contribution in [3.63, 3.8) is 0 Å². The Morgan fingerprint density at radius 3 is 2.74 bits per heavy atom. The summed E-state index contributed by atoms with van der Waals surface area (Å²) in [5, 5.41) is 0.685. The van der Waals surface area contributed by atoms with Gasteiger partial charge in [-0.25, -0.2) is 0 Å². The molecule has 1 aliphatic rings. The number of aryl methyl sites for hydroxylation is 1. The van der Waals surface area contributed by atoms with Crippen molar-refractivity contribution in [1.82, 2.24) is 0 Å². The highest BCUT2D eigenvalue weighted by molar-refractivity contribution is 6.51. The van der Waals surface area contributed by atoms with Crippen molar-refractivity contribution < 1.29 is 4.74 Å². The number of aliphatic imine (C=N–C) groups is 2. The normalized spacial score (nSPS) is 17.3. The second kappa shape index (κ2) is 7.77. The third-order valence-electron chi connectivity index (χ3n) is 3.42. The van der Waals surface area contributed by atoms with Gasteiger partial charge in [0.15, 0.2) is 0 Å². The number of terminal acetylenes is 1. The lowest BCUT2D eigenvalue weighted by Gasteiger charge is -2.15. The Bertz CT molecular complexity index is 767. The Morgan fingerprint density at radius 2 is 2.09 bits per heavy atom. The lowest BCUT2D eigenvalue weighted by atomic mass is 10.0. The van der Waals surface area contributed by atoms with Gasteiger partial charge in [0.25, 0.3) is 0 Å². The van der Waals surface area contributed by atoms with Gasteiger partial charge in [-0.05, 0) is 42.3 Å². The van der Waals surface area contributed by atoms with Crippen LogP contribution >= 0.6 is 11.6 Å². The molecule has 118 valence electrons. The Morgan fingerprint density at radius 1 is 1.30 bits per heavy atom. The fraction of sp³-hybridized carbons (Fsp3) is 0.222. The summed E-state index contributed by atoms with van der Waals surface area (Å²) < 4.78 is 5.90. The fourth-order valence-electron chi connectivity index (χ4n) is 2.15. The van der Waals surface area contributed by atoms with E-state index in [1.165, 1.54) is 0 Å². The van der Waals surface area contributed by atoms with Crippen molar-refractivity contribution >= 4 is 23.0 Å². The van der Waals surface area contributed by atoms with E-state index in [0.717, 1.165) is 28.2 Å². The zero-order valence-corrected chi connectivity index (χ0v) is 13.9. The van der Waals surface area contributed by atoms with Gasteiger partial charge in [-0.1, -0.05) is 24.1 Å². The van der Waals surface area contributed by atoms with E-state index in [2.05, 4.69) is 16.0 Å². The monoisotopic (exact) mass is 327 g/mol. The molecule has 0 aromatic heterocycles. The van der Waals surface area contributed by atoms with Gasteiger partial charge in [-0.2, -0.15) is 4.99 Å². The molecule has 0 atom stereocenters. The van der Waals surface area contributed by atoms with Gasteiger partial charge in [0.05, 0.1) is 11.4 Å². The van der Waals surface area contributed by atoms with Crippen LogP contribution in [0.1, 0.15) is 11.1 Å². The zero-order valence-electron chi connectivity index (χ0n) is 13.1. The number of ether oxygens (including phenoxy) is 1. The van der Waals surface area contributed by atoms with E-state index in [1.54, 1.807) is 7.05 Å². The first-order valence-electron chi connectivity index (χ1n) is 7.10. The first-order chi connectivity index (χ1) is 11.1. The predicted molar refractivity (Wildman–Crippen MR) is 96.4 cm³/mol. The third-order valence-corrected chi connectivity index (χ3v) is 3.83. The summed E-state index contributed by atoms with van der Waals surface area (Å²) in [7, 11) is 1.70. The smallest absolute Gasteiger partial charge is 0.124 e. The molecular weight excluding hydrogens is 310 g/mol. The topological polar surface area (TPSA) is 60.0 Å². The van der Waals surface area contributed by atoms with Crippen molar-refractivity contribution in [3.05, 3.63) is 52.1 Å². The highest BCUT2D eigenvalue weighted by Crippen LogP contribution is 2.27. The van der Waals surface area contributed by atoms with Gasteiger partial charge < -0.3 is 10.5 Å². The SMILES string of the molecule is C#C/N=C1/C=CC(COc2cc(C)c(Cl)cc2CN)=C/C1=N/C. The lowest BCUT2D eigenvalue weighted by Crippen LogP contribution is -2.15. The van der Waals surface area contributed by atoms with Crippen LogP contribution in [0.2, 0.25) is 5.02 Å². The second-order valence-corrected chi connectivity index (χ2v) is 5.40. The van der Waals surface area contributed by atoms with E-state index in [9.17, 15) is 0 Å². The summed E-state index contributed by atoms with van der Waals surface area (Å²) in [4.78, 5) is 8.13. The third kappa shape index (κ3) is 4.10. The Labute approximate surface area is 141 Å². The highest BCUT2D eigenvalue weighted by atomic mass is 35.5. The average molecular weight is 328 g/mol. The van der Waals surface area contributed by atoms with Crippen LogP contribution in [0.3, 0.4) is 0 Å². The van der Waals surface area contributed by atoms with Crippen LogP contribution in [0, 0.1) is 19.4 Å². The maximum atomic E-state index is 6.12. The summed E-state index contributed by atoms with van der Waals surface area (Å²) in [6.45, 7) is 2.69. The number of nitrogens with two attached hydrogens (primary N) is 1. The molecule has 0 bridgehead atoms. The molecule has 0 spiro atoms. The van der Waals surface area contributed by atoms with Crippen LogP contribution in [-0.4, -0.2) is 25.1 Å². The fourth-order valence-corrected chi connectivity index (χ4v) is 2.34. The molecule has 2 N–H and O–H groups in total. The summed E-state index contributed by atoms with van der Waals surface area (Å²) in [6.07, 6.45) is 10.9. The molecule has 2 rings (SSSR count). The minimum absolute atomic E-state index is 0.366. The first kappa shape index (κ1) is 17.0. The number of benzene rings is 1. The Kier molecular flexibility index (Phi) is 5.75. The van der Waals surface area contributed by atoms with E-state index in [4.69, 9.17) is 28.5 Å². The average Bonchev–Trinajstić information content (AvgIpc) is 2.56. The van der Waals surface area contributed by atoms with Crippen molar-refractivity contribution in [2.24, 2.45) is 15.7 Å². The van der Waals surface area contributed by atoms with Gasteiger partial charge >= 0.3 is 0 Å². The number of nitrogens with zero attached hydrogens (tertiary/aromatic N) is 2. The standard InChI is InChI=1S/C18H18ClN3O/c1-4-22-16-6-5-13(8-17(16)21-3)11-23-18-7-12(2)15(19)9-14(18)10-20/h1,5-9H,10-11,20H2,2-3H3/b21-17-,22-16-. The van der Waals surface area contributed by atoms with E-state index in [1.807, 2.05) is 37.3 Å². The molecule has 1 aromatic rings. The first-order valence-corrected chi connectivity index (χ1v) is 7.47. The number of allylic oxidation sites excluding steroid dienone is 2. The van der Waals surface area contributed by atoms with E-state index >= 15 is 0 Å². The van der Waals surface area contributed by atoms with Gasteiger partial charge in [0.2, 0.25) is 0 Å². The summed E-state index contributed by atoms with van der Waals surface area (Å²) in [6, 6.07) is 6.01. The van der Waals surface area contributed by atoms with Crippen LogP contribution in [-0.2, 0) is 6.54 Å². The van der Waals surface area contributed by atoms with Gasteiger partial charge in [-0.15, -0.1) is 0 Å². The van der Waals surface area contributed by atoms with Crippen molar-refractivity contribution in [1.29, 1.82) is 0 Å². The summed E-state index contributed by atoms with van der Waals surface area (Å²) in [5.41, 5.74) is 9.95. The second-order valence-electron chi connectivity index (χ2n) is 4.99. The zero-order chi connectivity index (χ0) is 16.8. The molecule has 0 unspecified atom stereocenters. The molecule has 1 aliphatic carbocycles. The molecule has 0 saturated carbocycles. The van der Waals surface area contributed by atoms with Gasteiger partial charge in [-0.3, -0.25) is 4.99 Å². The summed E-state index contributed by atoms with van der Waals surface area (Å²) >= 11 is 6.12. The van der Waals surface area contributed by atoms with E-state index in [0.29, 0.717) is 23.9 Å². The molecule has 0 fully saturated rings. The highest BCUT2D eigenvalue weighted by Gasteiger charge is 2.11. The van der Waals surface area contributed by atoms with Gasteiger partial charge in [0.1, 0.15) is 12.4 Å². The van der Waals surface area contributed by atoms with Crippen LogP contribution < -0.4 is 10.5 Å². The lowest BCUT2D eigenvalue weighted by molar-refractivity contribution is 0.351. The number of rotatable bonds is 4. The molecular formula is C18H18ClN3O. The molecule has 4 nitrogen and oxygen atoms in total. The van der Waals surface area contributed by atoms with Crippen molar-refractivity contribution in [3.8, 4) is 18.2 Å². The molecule has 0 saturated heterocycles. The van der Waals surface area contributed by atoms with Gasteiger partial charge in [0, 0.05) is 30.2 Å². The van der Waals surface area contributed by atoms with E-state index < -0.39 is 0 Å². The van der Waals surface area contributed by atoms with Crippen LogP contribution in [0.15, 0.2) is 45.9 Å². The van der Waals surface area contributed by atoms with Crippen molar-refractivity contribution in [2.75, 3.05) is 13.7 Å². The summed E-state index contributed by atoms with van der Waals surface area (Å²) in [5.74, 6) is 0.738.